The highest BCUT2D eigenvalue weighted by Gasteiger charge is 2.25. The highest BCUT2D eigenvalue weighted by atomic mass is 32.2. The third kappa shape index (κ3) is 3.14. The van der Waals surface area contributed by atoms with E-state index in [4.69, 9.17) is 5.73 Å². The van der Waals surface area contributed by atoms with E-state index >= 15 is 0 Å². The molecular weight excluding hydrogens is 192 g/mol. The molecular formula is C11H24N2S. The Morgan fingerprint density at radius 1 is 1.50 bits per heavy atom. The van der Waals surface area contributed by atoms with Gasteiger partial charge in [-0.1, -0.05) is 13.8 Å². The minimum absolute atomic E-state index is 0.621. The van der Waals surface area contributed by atoms with Crippen LogP contribution in [0.3, 0.4) is 0 Å². The fourth-order valence-electron chi connectivity index (χ4n) is 1.92. The highest BCUT2D eigenvalue weighted by Crippen LogP contribution is 2.24. The number of thioether (sulfide) groups is 1. The topological polar surface area (TPSA) is 29.3 Å². The Labute approximate surface area is 92.6 Å². The van der Waals surface area contributed by atoms with Crippen molar-refractivity contribution >= 4 is 11.8 Å². The molecule has 0 aromatic carbocycles. The molecule has 0 aliphatic carbocycles. The second-order valence-corrected chi connectivity index (χ2v) is 5.76. The lowest BCUT2D eigenvalue weighted by Crippen LogP contribution is -2.47. The normalized spacial score (nSPS) is 28.7. The van der Waals surface area contributed by atoms with E-state index in [1.807, 2.05) is 0 Å². The Kier molecular flexibility index (Phi) is 5.28. The maximum absolute atomic E-state index is 5.71. The molecule has 3 atom stereocenters. The molecule has 0 aromatic rings. The fraction of sp³-hybridized carbons (Fsp3) is 1.00. The van der Waals surface area contributed by atoms with Crippen LogP contribution in [0, 0.1) is 5.92 Å². The van der Waals surface area contributed by atoms with Crippen molar-refractivity contribution in [3.05, 3.63) is 0 Å². The van der Waals surface area contributed by atoms with Gasteiger partial charge in [-0.3, -0.25) is 4.90 Å². The van der Waals surface area contributed by atoms with E-state index < -0.39 is 0 Å². The quantitative estimate of drug-likeness (QED) is 0.777. The Morgan fingerprint density at radius 3 is 2.79 bits per heavy atom. The molecule has 0 bridgehead atoms. The van der Waals surface area contributed by atoms with Crippen molar-refractivity contribution < 1.29 is 0 Å². The van der Waals surface area contributed by atoms with E-state index in [9.17, 15) is 0 Å². The molecule has 1 heterocycles. The summed E-state index contributed by atoms with van der Waals surface area (Å²) in [6.45, 7) is 10.2. The van der Waals surface area contributed by atoms with Crippen molar-refractivity contribution in [2.75, 3.05) is 25.4 Å². The smallest absolute Gasteiger partial charge is 0.0172 e. The van der Waals surface area contributed by atoms with Crippen molar-refractivity contribution in [3.63, 3.8) is 0 Å². The Balaban J connectivity index is 2.42. The van der Waals surface area contributed by atoms with Gasteiger partial charge in [0.1, 0.15) is 0 Å². The zero-order valence-electron chi connectivity index (χ0n) is 9.70. The number of hydrogen-bond acceptors (Lipinski definition) is 3. The van der Waals surface area contributed by atoms with Crippen LogP contribution in [0.25, 0.3) is 0 Å². The third-order valence-corrected chi connectivity index (χ3v) is 4.77. The Hall–Kier alpha value is 0.270. The maximum Gasteiger partial charge on any atom is 0.0172 e. The van der Waals surface area contributed by atoms with Crippen LogP contribution >= 0.6 is 11.8 Å². The molecule has 1 rings (SSSR count). The summed E-state index contributed by atoms with van der Waals surface area (Å²) in [5.74, 6) is 1.91. The minimum atomic E-state index is 0.621. The van der Waals surface area contributed by atoms with Crippen LogP contribution in [0.1, 0.15) is 27.2 Å². The van der Waals surface area contributed by atoms with E-state index in [1.54, 1.807) is 0 Å². The lowest BCUT2D eigenvalue weighted by molar-refractivity contribution is 0.169. The molecule has 84 valence electrons. The van der Waals surface area contributed by atoms with Gasteiger partial charge in [0, 0.05) is 30.1 Å². The molecule has 3 heteroatoms. The van der Waals surface area contributed by atoms with E-state index in [1.165, 1.54) is 25.3 Å². The van der Waals surface area contributed by atoms with Crippen LogP contribution in [0.4, 0.5) is 0 Å². The number of rotatable bonds is 4. The first-order valence-corrected chi connectivity index (χ1v) is 6.79. The molecule has 2 N–H and O–H groups in total. The Bertz CT molecular complexity index is 161. The monoisotopic (exact) mass is 216 g/mol. The third-order valence-electron chi connectivity index (χ3n) is 3.40. The summed E-state index contributed by atoms with van der Waals surface area (Å²) in [6, 6.07) is 0.648. The zero-order chi connectivity index (χ0) is 10.6. The van der Waals surface area contributed by atoms with E-state index in [0.717, 1.165) is 11.8 Å². The molecule has 0 radical (unpaired) electrons. The standard InChI is InChI=1S/C11H24N2S/c1-4-11-8-13(5-6-14-11)10(3)9(2)7-12/h9-11H,4-8,12H2,1-3H3. The molecule has 1 fully saturated rings. The zero-order valence-corrected chi connectivity index (χ0v) is 10.5. The van der Waals surface area contributed by atoms with Crippen molar-refractivity contribution in [1.82, 2.24) is 4.90 Å². The lowest BCUT2D eigenvalue weighted by Gasteiger charge is -2.38. The lowest BCUT2D eigenvalue weighted by atomic mass is 10.0. The van der Waals surface area contributed by atoms with Crippen LogP contribution in [0.15, 0.2) is 0 Å². The summed E-state index contributed by atoms with van der Waals surface area (Å²) < 4.78 is 0. The van der Waals surface area contributed by atoms with Gasteiger partial charge in [0.2, 0.25) is 0 Å². The first-order valence-electron chi connectivity index (χ1n) is 5.74. The van der Waals surface area contributed by atoms with Gasteiger partial charge in [-0.2, -0.15) is 11.8 Å². The first-order chi connectivity index (χ1) is 6.69. The second kappa shape index (κ2) is 5.99. The van der Waals surface area contributed by atoms with Crippen LogP contribution in [0.5, 0.6) is 0 Å². The highest BCUT2D eigenvalue weighted by molar-refractivity contribution is 8.00. The van der Waals surface area contributed by atoms with E-state index in [2.05, 4.69) is 37.4 Å². The molecule has 0 saturated carbocycles. The summed E-state index contributed by atoms with van der Waals surface area (Å²) in [7, 11) is 0. The average Bonchev–Trinajstić information content (AvgIpc) is 2.27. The van der Waals surface area contributed by atoms with E-state index in [-0.39, 0.29) is 0 Å². The van der Waals surface area contributed by atoms with Crippen LogP contribution in [-0.4, -0.2) is 41.6 Å². The van der Waals surface area contributed by atoms with Crippen molar-refractivity contribution in [1.29, 1.82) is 0 Å². The second-order valence-electron chi connectivity index (χ2n) is 4.35. The molecule has 3 unspecified atom stereocenters. The van der Waals surface area contributed by atoms with Crippen molar-refractivity contribution in [3.8, 4) is 0 Å². The van der Waals surface area contributed by atoms with Gasteiger partial charge in [-0.05, 0) is 25.8 Å². The molecule has 1 saturated heterocycles. The van der Waals surface area contributed by atoms with Crippen molar-refractivity contribution in [2.24, 2.45) is 11.7 Å². The summed E-state index contributed by atoms with van der Waals surface area (Å²) in [6.07, 6.45) is 1.30. The van der Waals surface area contributed by atoms with Gasteiger partial charge in [0.15, 0.2) is 0 Å². The molecule has 1 aliphatic heterocycles. The van der Waals surface area contributed by atoms with Gasteiger partial charge in [0.05, 0.1) is 0 Å². The molecule has 0 amide bonds. The average molecular weight is 216 g/mol. The molecule has 0 aromatic heterocycles. The number of hydrogen-bond donors (Lipinski definition) is 1. The van der Waals surface area contributed by atoms with Crippen LogP contribution < -0.4 is 5.73 Å². The van der Waals surface area contributed by atoms with Crippen molar-refractivity contribution in [2.45, 2.75) is 38.5 Å². The molecule has 2 nitrogen and oxygen atoms in total. The first kappa shape index (κ1) is 12.3. The predicted molar refractivity (Wildman–Crippen MR) is 65.8 cm³/mol. The van der Waals surface area contributed by atoms with Crippen LogP contribution in [-0.2, 0) is 0 Å². The minimum Gasteiger partial charge on any atom is -0.330 e. The van der Waals surface area contributed by atoms with Crippen LogP contribution in [0.2, 0.25) is 0 Å². The Morgan fingerprint density at radius 2 is 2.21 bits per heavy atom. The van der Waals surface area contributed by atoms with Gasteiger partial charge < -0.3 is 5.73 Å². The largest absolute Gasteiger partial charge is 0.330 e. The maximum atomic E-state index is 5.71. The fourth-order valence-corrected chi connectivity index (χ4v) is 3.12. The number of nitrogens with zero attached hydrogens (tertiary/aromatic N) is 1. The molecule has 0 spiro atoms. The molecule has 14 heavy (non-hydrogen) atoms. The summed E-state index contributed by atoms with van der Waals surface area (Å²) in [4.78, 5) is 2.61. The van der Waals surface area contributed by atoms with Gasteiger partial charge in [-0.25, -0.2) is 0 Å². The number of nitrogens with two attached hydrogens (primary N) is 1. The van der Waals surface area contributed by atoms with E-state index in [0.29, 0.717) is 12.0 Å². The van der Waals surface area contributed by atoms with Gasteiger partial charge in [0.25, 0.3) is 0 Å². The summed E-state index contributed by atoms with van der Waals surface area (Å²) in [5.41, 5.74) is 5.71. The predicted octanol–water partition coefficient (Wildman–Crippen LogP) is 1.80. The SMILES string of the molecule is CCC1CN(C(C)C(C)CN)CCS1. The summed E-state index contributed by atoms with van der Waals surface area (Å²) >= 11 is 2.13. The summed E-state index contributed by atoms with van der Waals surface area (Å²) in [5, 5.41) is 0.844. The van der Waals surface area contributed by atoms with Gasteiger partial charge >= 0.3 is 0 Å². The molecule has 1 aliphatic rings. The van der Waals surface area contributed by atoms with Gasteiger partial charge in [-0.15, -0.1) is 0 Å².